The summed E-state index contributed by atoms with van der Waals surface area (Å²) in [5.41, 5.74) is 0.297. The molecule has 0 aliphatic heterocycles. The van der Waals surface area contributed by atoms with E-state index in [1.54, 1.807) is 12.4 Å². The first-order chi connectivity index (χ1) is 7.46. The molecule has 1 saturated carbocycles. The zero-order chi connectivity index (χ0) is 11.8. The molecule has 0 aromatic carbocycles. The van der Waals surface area contributed by atoms with Crippen LogP contribution < -0.4 is 5.32 Å². The number of amides is 1. The third-order valence-corrected chi connectivity index (χ3v) is 2.37. The summed E-state index contributed by atoms with van der Waals surface area (Å²) in [5, 5.41) is 2.88. The Morgan fingerprint density at radius 2 is 1.88 bits per heavy atom. The minimum Gasteiger partial charge on any atom is -0.347 e. The van der Waals surface area contributed by atoms with E-state index < -0.39 is 0 Å². The molecule has 0 bridgehead atoms. The Bertz CT molecular complexity index is 388. The lowest BCUT2D eigenvalue weighted by Crippen LogP contribution is -2.40. The maximum atomic E-state index is 11.8. The van der Waals surface area contributed by atoms with Gasteiger partial charge in [0.05, 0.1) is 5.56 Å². The number of carbonyl (C=O) groups excluding carboxylic acids is 1. The summed E-state index contributed by atoms with van der Waals surface area (Å²) < 4.78 is 0. The summed E-state index contributed by atoms with van der Waals surface area (Å²) in [4.78, 5) is 20.2. The Morgan fingerprint density at radius 3 is 2.31 bits per heavy atom. The van der Waals surface area contributed by atoms with E-state index in [2.05, 4.69) is 15.3 Å². The second kappa shape index (κ2) is 3.85. The molecule has 16 heavy (non-hydrogen) atoms. The van der Waals surface area contributed by atoms with Crippen LogP contribution in [-0.2, 0) is 0 Å². The van der Waals surface area contributed by atoms with Crippen molar-refractivity contribution < 1.29 is 4.79 Å². The van der Waals surface area contributed by atoms with Gasteiger partial charge in [-0.3, -0.25) is 4.79 Å². The van der Waals surface area contributed by atoms with Gasteiger partial charge in [-0.2, -0.15) is 0 Å². The average Bonchev–Trinajstić information content (AvgIpc) is 2.98. The fourth-order valence-corrected chi connectivity index (χ4v) is 1.42. The van der Waals surface area contributed by atoms with Gasteiger partial charge in [0.15, 0.2) is 0 Å². The highest BCUT2D eigenvalue weighted by Crippen LogP contribution is 2.37. The van der Waals surface area contributed by atoms with Crippen LogP contribution in [0.25, 0.3) is 0 Å². The number of hydrogen-bond donors (Lipinski definition) is 1. The van der Waals surface area contributed by atoms with Crippen molar-refractivity contribution in [2.24, 2.45) is 0 Å². The van der Waals surface area contributed by atoms with E-state index in [0.29, 0.717) is 11.5 Å². The molecule has 1 aliphatic carbocycles. The first kappa shape index (κ1) is 11.0. The lowest BCUT2D eigenvalue weighted by molar-refractivity contribution is 0.0918. The third kappa shape index (κ3) is 2.78. The lowest BCUT2D eigenvalue weighted by atomic mass is 10.1. The monoisotopic (exact) mass is 219 g/mol. The largest absolute Gasteiger partial charge is 0.347 e. The van der Waals surface area contributed by atoms with Gasteiger partial charge < -0.3 is 5.32 Å². The highest BCUT2D eigenvalue weighted by Gasteiger charge is 2.26. The summed E-state index contributed by atoms with van der Waals surface area (Å²) in [5.74, 6) is 1.28. The average molecular weight is 219 g/mol. The first-order valence-corrected chi connectivity index (χ1v) is 5.60. The Hall–Kier alpha value is -1.45. The van der Waals surface area contributed by atoms with Gasteiger partial charge in [0.25, 0.3) is 5.91 Å². The van der Waals surface area contributed by atoms with E-state index in [1.165, 1.54) is 12.8 Å². The maximum Gasteiger partial charge on any atom is 0.254 e. The Kier molecular flexibility index (Phi) is 2.66. The standard InChI is InChI=1S/C12H17N3O/c1-12(2,3)15-11(16)9-6-13-10(14-7-9)8-4-5-8/h6-8H,4-5H2,1-3H3,(H,15,16). The molecule has 0 unspecified atom stereocenters. The van der Waals surface area contributed by atoms with E-state index in [-0.39, 0.29) is 11.4 Å². The summed E-state index contributed by atoms with van der Waals surface area (Å²) >= 11 is 0. The molecule has 1 aromatic heterocycles. The highest BCUT2D eigenvalue weighted by atomic mass is 16.1. The van der Waals surface area contributed by atoms with Crippen LogP contribution in [0.2, 0.25) is 0 Å². The number of aromatic nitrogens is 2. The van der Waals surface area contributed by atoms with Crippen LogP contribution >= 0.6 is 0 Å². The number of hydrogen-bond acceptors (Lipinski definition) is 3. The van der Waals surface area contributed by atoms with Crippen molar-refractivity contribution in [2.45, 2.75) is 45.1 Å². The molecule has 86 valence electrons. The number of carbonyl (C=O) groups is 1. The van der Waals surface area contributed by atoms with E-state index in [0.717, 1.165) is 5.82 Å². The summed E-state index contributed by atoms with van der Waals surface area (Å²) in [6.07, 6.45) is 5.57. The van der Waals surface area contributed by atoms with Crippen molar-refractivity contribution in [3.05, 3.63) is 23.8 Å². The summed E-state index contributed by atoms with van der Waals surface area (Å²) in [6.45, 7) is 5.85. The lowest BCUT2D eigenvalue weighted by Gasteiger charge is -2.20. The van der Waals surface area contributed by atoms with Gasteiger partial charge in [0.2, 0.25) is 0 Å². The van der Waals surface area contributed by atoms with E-state index >= 15 is 0 Å². The van der Waals surface area contributed by atoms with Gasteiger partial charge >= 0.3 is 0 Å². The van der Waals surface area contributed by atoms with Crippen LogP contribution in [0.3, 0.4) is 0 Å². The zero-order valence-electron chi connectivity index (χ0n) is 9.95. The van der Waals surface area contributed by atoms with Crippen molar-refractivity contribution in [3.63, 3.8) is 0 Å². The summed E-state index contributed by atoms with van der Waals surface area (Å²) in [7, 11) is 0. The van der Waals surface area contributed by atoms with Crippen LogP contribution in [0.15, 0.2) is 12.4 Å². The molecule has 0 atom stereocenters. The fraction of sp³-hybridized carbons (Fsp3) is 0.583. The van der Waals surface area contributed by atoms with Crippen LogP contribution in [0.5, 0.6) is 0 Å². The number of rotatable bonds is 2. The molecule has 0 radical (unpaired) electrons. The molecule has 1 N–H and O–H groups in total. The molecule has 1 fully saturated rings. The van der Waals surface area contributed by atoms with Gasteiger partial charge in [-0.25, -0.2) is 9.97 Å². The smallest absolute Gasteiger partial charge is 0.254 e. The molecule has 2 rings (SSSR count). The van der Waals surface area contributed by atoms with E-state index in [4.69, 9.17) is 0 Å². The Morgan fingerprint density at radius 1 is 1.31 bits per heavy atom. The second-order valence-electron chi connectivity index (χ2n) is 5.31. The van der Waals surface area contributed by atoms with Crippen molar-refractivity contribution in [2.75, 3.05) is 0 Å². The third-order valence-electron chi connectivity index (χ3n) is 2.37. The molecule has 1 aromatic rings. The van der Waals surface area contributed by atoms with Crippen molar-refractivity contribution in [1.29, 1.82) is 0 Å². The van der Waals surface area contributed by atoms with Crippen LogP contribution in [0, 0.1) is 0 Å². The molecular formula is C12H17N3O. The molecule has 0 saturated heterocycles. The summed E-state index contributed by atoms with van der Waals surface area (Å²) in [6, 6.07) is 0. The topological polar surface area (TPSA) is 54.9 Å². The minimum atomic E-state index is -0.230. The Balaban J connectivity index is 2.06. The molecule has 1 amide bonds. The fourth-order valence-electron chi connectivity index (χ4n) is 1.42. The van der Waals surface area contributed by atoms with Gasteiger partial charge in [-0.1, -0.05) is 0 Å². The van der Waals surface area contributed by atoms with Gasteiger partial charge in [-0.15, -0.1) is 0 Å². The maximum absolute atomic E-state index is 11.8. The second-order valence-corrected chi connectivity index (χ2v) is 5.31. The SMILES string of the molecule is CC(C)(C)NC(=O)c1cnc(C2CC2)nc1. The van der Waals surface area contributed by atoms with Crippen LogP contribution in [-0.4, -0.2) is 21.4 Å². The predicted molar refractivity (Wildman–Crippen MR) is 61.2 cm³/mol. The van der Waals surface area contributed by atoms with Gasteiger partial charge in [-0.05, 0) is 33.6 Å². The van der Waals surface area contributed by atoms with E-state index in [1.807, 2.05) is 20.8 Å². The molecule has 1 heterocycles. The van der Waals surface area contributed by atoms with Crippen molar-refractivity contribution in [1.82, 2.24) is 15.3 Å². The Labute approximate surface area is 95.5 Å². The van der Waals surface area contributed by atoms with Crippen LogP contribution in [0.1, 0.15) is 55.7 Å². The molecular weight excluding hydrogens is 202 g/mol. The number of nitrogens with one attached hydrogen (secondary N) is 1. The number of nitrogens with zero attached hydrogens (tertiary/aromatic N) is 2. The van der Waals surface area contributed by atoms with Crippen molar-refractivity contribution in [3.8, 4) is 0 Å². The van der Waals surface area contributed by atoms with Crippen molar-refractivity contribution >= 4 is 5.91 Å². The highest BCUT2D eigenvalue weighted by molar-refractivity contribution is 5.93. The van der Waals surface area contributed by atoms with E-state index in [9.17, 15) is 4.79 Å². The van der Waals surface area contributed by atoms with Crippen LogP contribution in [0.4, 0.5) is 0 Å². The normalized spacial score (nSPS) is 15.9. The van der Waals surface area contributed by atoms with Gasteiger partial charge in [0, 0.05) is 23.9 Å². The zero-order valence-corrected chi connectivity index (χ0v) is 9.95. The first-order valence-electron chi connectivity index (χ1n) is 5.60. The molecule has 0 spiro atoms. The molecule has 4 nitrogen and oxygen atoms in total. The quantitative estimate of drug-likeness (QED) is 0.826. The minimum absolute atomic E-state index is 0.116. The molecule has 1 aliphatic rings. The molecule has 4 heteroatoms. The van der Waals surface area contributed by atoms with Gasteiger partial charge in [0.1, 0.15) is 5.82 Å². The predicted octanol–water partition coefficient (Wildman–Crippen LogP) is 1.88.